The molecule has 0 fully saturated rings. The Kier molecular flexibility index (Phi) is 3.74. The van der Waals surface area contributed by atoms with Crippen LogP contribution in [0.5, 0.6) is 11.5 Å². The summed E-state index contributed by atoms with van der Waals surface area (Å²) in [7, 11) is 0. The Bertz CT molecular complexity index is 638. The van der Waals surface area contributed by atoms with Crippen LogP contribution in [0.3, 0.4) is 0 Å². The van der Waals surface area contributed by atoms with Gasteiger partial charge in [0.05, 0.1) is 0 Å². The SMILES string of the molecule is CC(C)=C[C@@H]1C[C@@H](C)[C@@H]2CC[C@@H](C)c3c(O)c(O)c(C)c1c32. The summed E-state index contributed by atoms with van der Waals surface area (Å²) in [6.07, 6.45) is 5.78. The van der Waals surface area contributed by atoms with Crippen LogP contribution in [0.25, 0.3) is 0 Å². The maximum atomic E-state index is 10.5. The van der Waals surface area contributed by atoms with Gasteiger partial charge in [-0.1, -0.05) is 25.5 Å². The van der Waals surface area contributed by atoms with Crippen LogP contribution in [0.1, 0.15) is 87.0 Å². The zero-order valence-corrected chi connectivity index (χ0v) is 14.4. The standard InChI is InChI=1S/C20H28O2/c1-10(2)8-14-9-12(4)15-7-6-11(3)16-18(15)17(14)13(5)19(21)20(16)22/h8,11-12,14-15,21-22H,6-7,9H2,1-5H3/t11-,12-,14-,15+/m1/s1. The molecule has 1 aromatic rings. The van der Waals surface area contributed by atoms with Crippen molar-refractivity contribution in [3.63, 3.8) is 0 Å². The molecule has 4 atom stereocenters. The number of phenolic OH excluding ortho intramolecular Hbond substituents is 2. The number of aromatic hydroxyl groups is 2. The van der Waals surface area contributed by atoms with E-state index in [0.29, 0.717) is 23.7 Å². The van der Waals surface area contributed by atoms with Crippen LogP contribution >= 0.6 is 0 Å². The van der Waals surface area contributed by atoms with Gasteiger partial charge in [0.1, 0.15) is 0 Å². The van der Waals surface area contributed by atoms with Gasteiger partial charge in [-0.3, -0.25) is 0 Å². The number of hydrogen-bond donors (Lipinski definition) is 2. The molecule has 0 saturated carbocycles. The van der Waals surface area contributed by atoms with Crippen LogP contribution in [0.2, 0.25) is 0 Å². The van der Waals surface area contributed by atoms with E-state index < -0.39 is 0 Å². The number of hydrogen-bond acceptors (Lipinski definition) is 2. The van der Waals surface area contributed by atoms with Crippen LogP contribution in [-0.2, 0) is 0 Å². The van der Waals surface area contributed by atoms with Crippen molar-refractivity contribution in [2.45, 2.75) is 71.6 Å². The summed E-state index contributed by atoms with van der Waals surface area (Å²) in [6.45, 7) is 10.8. The van der Waals surface area contributed by atoms with Gasteiger partial charge in [0.15, 0.2) is 11.5 Å². The van der Waals surface area contributed by atoms with Gasteiger partial charge in [-0.05, 0) is 74.5 Å². The third-order valence-corrected chi connectivity index (χ3v) is 5.81. The van der Waals surface area contributed by atoms with E-state index in [9.17, 15) is 10.2 Å². The topological polar surface area (TPSA) is 40.5 Å². The van der Waals surface area contributed by atoms with Crippen molar-refractivity contribution in [3.05, 3.63) is 33.9 Å². The molecule has 0 aromatic heterocycles. The third kappa shape index (κ3) is 2.15. The molecule has 0 unspecified atom stereocenters. The highest BCUT2D eigenvalue weighted by Crippen LogP contribution is 2.57. The van der Waals surface area contributed by atoms with Crippen molar-refractivity contribution in [2.75, 3.05) is 0 Å². The molecule has 2 heteroatoms. The fraction of sp³-hybridized carbons (Fsp3) is 0.600. The van der Waals surface area contributed by atoms with Crippen molar-refractivity contribution in [1.82, 2.24) is 0 Å². The van der Waals surface area contributed by atoms with Crippen molar-refractivity contribution >= 4 is 0 Å². The smallest absolute Gasteiger partial charge is 0.161 e. The highest BCUT2D eigenvalue weighted by Gasteiger charge is 2.40. The Morgan fingerprint density at radius 2 is 1.68 bits per heavy atom. The second-order valence-electron chi connectivity index (χ2n) is 7.71. The molecule has 0 amide bonds. The van der Waals surface area contributed by atoms with Gasteiger partial charge < -0.3 is 10.2 Å². The molecule has 1 aromatic carbocycles. The lowest BCUT2D eigenvalue weighted by Crippen LogP contribution is -2.28. The maximum absolute atomic E-state index is 10.5. The monoisotopic (exact) mass is 300 g/mol. The lowest BCUT2D eigenvalue weighted by Gasteiger charge is -2.43. The molecule has 2 nitrogen and oxygen atoms in total. The van der Waals surface area contributed by atoms with Crippen molar-refractivity contribution in [1.29, 1.82) is 0 Å². The zero-order valence-electron chi connectivity index (χ0n) is 14.4. The summed E-state index contributed by atoms with van der Waals surface area (Å²) in [5.41, 5.74) is 5.87. The Morgan fingerprint density at radius 1 is 1.00 bits per heavy atom. The van der Waals surface area contributed by atoms with E-state index in [-0.39, 0.29) is 11.5 Å². The van der Waals surface area contributed by atoms with Crippen molar-refractivity contribution in [3.8, 4) is 11.5 Å². The molecular formula is C20H28O2. The van der Waals surface area contributed by atoms with Crippen molar-refractivity contribution in [2.24, 2.45) is 5.92 Å². The third-order valence-electron chi connectivity index (χ3n) is 5.81. The number of allylic oxidation sites excluding steroid dienone is 2. The molecule has 0 saturated heterocycles. The van der Waals surface area contributed by atoms with E-state index in [2.05, 4.69) is 33.8 Å². The van der Waals surface area contributed by atoms with E-state index in [1.807, 2.05) is 6.92 Å². The minimum atomic E-state index is 0.1000. The second kappa shape index (κ2) is 5.33. The molecular weight excluding hydrogens is 272 g/mol. The molecule has 0 bridgehead atoms. The van der Waals surface area contributed by atoms with E-state index in [1.165, 1.54) is 23.1 Å². The number of rotatable bonds is 1. The average molecular weight is 300 g/mol. The molecule has 22 heavy (non-hydrogen) atoms. The molecule has 0 aliphatic heterocycles. The Labute approximate surface area is 133 Å². The van der Waals surface area contributed by atoms with E-state index in [0.717, 1.165) is 24.0 Å². The summed E-state index contributed by atoms with van der Waals surface area (Å²) >= 11 is 0. The van der Waals surface area contributed by atoms with Crippen molar-refractivity contribution < 1.29 is 10.2 Å². The van der Waals surface area contributed by atoms with Gasteiger partial charge in [0, 0.05) is 11.5 Å². The van der Waals surface area contributed by atoms with Gasteiger partial charge in [-0.25, -0.2) is 0 Å². The summed E-state index contributed by atoms with van der Waals surface area (Å²) in [5, 5.41) is 21.0. The van der Waals surface area contributed by atoms with Gasteiger partial charge in [-0.15, -0.1) is 0 Å². The van der Waals surface area contributed by atoms with E-state index >= 15 is 0 Å². The molecule has 0 radical (unpaired) electrons. The van der Waals surface area contributed by atoms with Gasteiger partial charge >= 0.3 is 0 Å². The molecule has 120 valence electrons. The first kappa shape index (κ1) is 15.5. The second-order valence-corrected chi connectivity index (χ2v) is 7.71. The minimum absolute atomic E-state index is 0.1000. The first-order valence-electron chi connectivity index (χ1n) is 8.56. The number of phenols is 2. The van der Waals surface area contributed by atoms with Gasteiger partial charge in [-0.2, -0.15) is 0 Å². The first-order valence-corrected chi connectivity index (χ1v) is 8.56. The summed E-state index contributed by atoms with van der Waals surface area (Å²) < 4.78 is 0. The normalized spacial score (nSPS) is 29.9. The van der Waals surface area contributed by atoms with Crippen LogP contribution < -0.4 is 0 Å². The predicted molar refractivity (Wildman–Crippen MR) is 90.9 cm³/mol. The summed E-state index contributed by atoms with van der Waals surface area (Å²) in [4.78, 5) is 0. The Hall–Kier alpha value is -1.44. The first-order chi connectivity index (χ1) is 10.3. The van der Waals surface area contributed by atoms with Gasteiger partial charge in [0.2, 0.25) is 0 Å². The molecule has 2 aliphatic carbocycles. The minimum Gasteiger partial charge on any atom is -0.504 e. The van der Waals surface area contributed by atoms with Crippen LogP contribution in [0.4, 0.5) is 0 Å². The average Bonchev–Trinajstić information content (AvgIpc) is 2.43. The molecule has 2 aliphatic rings. The summed E-state index contributed by atoms with van der Waals surface area (Å²) in [5.74, 6) is 2.09. The van der Waals surface area contributed by atoms with Crippen LogP contribution in [0, 0.1) is 12.8 Å². The van der Waals surface area contributed by atoms with E-state index in [1.54, 1.807) is 0 Å². The highest BCUT2D eigenvalue weighted by atomic mass is 16.3. The van der Waals surface area contributed by atoms with Crippen LogP contribution in [0.15, 0.2) is 11.6 Å². The maximum Gasteiger partial charge on any atom is 0.161 e. The van der Waals surface area contributed by atoms with Crippen LogP contribution in [-0.4, -0.2) is 10.2 Å². The predicted octanol–water partition coefficient (Wildman–Crippen LogP) is 5.48. The molecule has 3 rings (SSSR count). The molecule has 2 N–H and O–H groups in total. The molecule has 0 spiro atoms. The van der Waals surface area contributed by atoms with Gasteiger partial charge in [0.25, 0.3) is 0 Å². The largest absolute Gasteiger partial charge is 0.504 e. The fourth-order valence-electron chi connectivity index (χ4n) is 4.81. The summed E-state index contributed by atoms with van der Waals surface area (Å²) in [6, 6.07) is 0. The fourth-order valence-corrected chi connectivity index (χ4v) is 4.81. The Morgan fingerprint density at radius 3 is 2.32 bits per heavy atom. The molecule has 0 heterocycles. The Balaban J connectivity index is 2.33. The quantitative estimate of drug-likeness (QED) is 0.533. The highest BCUT2D eigenvalue weighted by molar-refractivity contribution is 5.63. The number of benzene rings is 1. The lowest BCUT2D eigenvalue weighted by molar-refractivity contribution is 0.318. The zero-order chi connectivity index (χ0) is 16.2. The lowest BCUT2D eigenvalue weighted by atomic mass is 9.62. The van der Waals surface area contributed by atoms with E-state index in [4.69, 9.17) is 0 Å².